The Balaban J connectivity index is 1.98. The summed E-state index contributed by atoms with van der Waals surface area (Å²) in [4.78, 5) is 27.1. The minimum atomic E-state index is -4.42. The largest absolute Gasteiger partial charge is 0.416 e. The van der Waals surface area contributed by atoms with Gasteiger partial charge < -0.3 is 9.88 Å². The number of halogens is 3. The Morgan fingerprint density at radius 3 is 2.50 bits per heavy atom. The van der Waals surface area contributed by atoms with Crippen LogP contribution < -0.4 is 10.9 Å². The fourth-order valence-corrected chi connectivity index (χ4v) is 2.65. The summed E-state index contributed by atoms with van der Waals surface area (Å²) in [6, 6.07) is 5.55. The maximum atomic E-state index is 12.5. The zero-order valence-electron chi connectivity index (χ0n) is 12.8. The van der Waals surface area contributed by atoms with Gasteiger partial charge in [-0.05, 0) is 31.2 Å². The zero-order valence-corrected chi connectivity index (χ0v) is 13.7. The molecule has 0 spiro atoms. The molecule has 0 saturated carbocycles. The second-order valence-corrected chi connectivity index (χ2v) is 5.93. The minimum absolute atomic E-state index is 0.0231. The second-order valence-electron chi connectivity index (χ2n) is 4.99. The third-order valence-electron chi connectivity index (χ3n) is 3.18. The van der Waals surface area contributed by atoms with Gasteiger partial charge in [0.2, 0.25) is 5.91 Å². The number of amides is 1. The van der Waals surface area contributed by atoms with Gasteiger partial charge in [0, 0.05) is 24.5 Å². The molecule has 0 atom stereocenters. The standard InChI is InChI=1S/C15H14F3N3O2S/c1-9-7-12(22)20-14(21(9)2)24-8-13(23)19-11-5-3-10(4-6-11)15(16,17)18/h3-7H,8H2,1-2H3,(H,19,23). The van der Waals surface area contributed by atoms with Crippen LogP contribution >= 0.6 is 11.8 Å². The molecule has 0 radical (unpaired) electrons. The molecule has 0 fully saturated rings. The number of carbonyl (C=O) groups excluding carboxylic acids is 1. The van der Waals surface area contributed by atoms with Crippen molar-refractivity contribution in [3.63, 3.8) is 0 Å². The van der Waals surface area contributed by atoms with Gasteiger partial charge in [0.05, 0.1) is 11.3 Å². The Bertz CT molecular complexity index is 801. The number of aromatic nitrogens is 2. The molecule has 0 aliphatic carbocycles. The van der Waals surface area contributed by atoms with E-state index in [2.05, 4.69) is 10.3 Å². The number of hydrogen-bond acceptors (Lipinski definition) is 4. The predicted molar refractivity (Wildman–Crippen MR) is 85.0 cm³/mol. The normalized spacial score (nSPS) is 11.4. The number of nitrogens with zero attached hydrogens (tertiary/aromatic N) is 2. The van der Waals surface area contributed by atoms with Crippen molar-refractivity contribution in [1.82, 2.24) is 9.55 Å². The predicted octanol–water partition coefficient (Wildman–Crippen LogP) is 2.84. The number of alkyl halides is 3. The van der Waals surface area contributed by atoms with E-state index in [0.717, 1.165) is 23.9 Å². The first-order valence-electron chi connectivity index (χ1n) is 6.81. The molecule has 0 bridgehead atoms. The molecule has 0 unspecified atom stereocenters. The van der Waals surface area contributed by atoms with Gasteiger partial charge >= 0.3 is 6.18 Å². The van der Waals surface area contributed by atoms with E-state index < -0.39 is 23.2 Å². The Kier molecular flexibility index (Phi) is 5.33. The highest BCUT2D eigenvalue weighted by Gasteiger charge is 2.29. The molecule has 1 heterocycles. The first-order chi connectivity index (χ1) is 11.2. The summed E-state index contributed by atoms with van der Waals surface area (Å²) in [6.45, 7) is 1.75. The van der Waals surface area contributed by atoms with Crippen molar-refractivity contribution in [2.75, 3.05) is 11.1 Å². The molecule has 128 valence electrons. The number of rotatable bonds is 4. The van der Waals surface area contributed by atoms with Crippen LogP contribution in [0, 0.1) is 6.92 Å². The van der Waals surface area contributed by atoms with Gasteiger partial charge in [-0.15, -0.1) is 0 Å². The molecule has 0 aliphatic rings. The maximum Gasteiger partial charge on any atom is 0.416 e. The third kappa shape index (κ3) is 4.60. The van der Waals surface area contributed by atoms with Gasteiger partial charge in [0.15, 0.2) is 5.16 Å². The molecule has 0 saturated heterocycles. The van der Waals surface area contributed by atoms with Crippen LogP contribution in [0.4, 0.5) is 18.9 Å². The molecule has 1 N–H and O–H groups in total. The quantitative estimate of drug-likeness (QED) is 0.675. The summed E-state index contributed by atoms with van der Waals surface area (Å²) in [7, 11) is 1.72. The van der Waals surface area contributed by atoms with E-state index in [1.54, 1.807) is 18.5 Å². The van der Waals surface area contributed by atoms with Gasteiger partial charge in [-0.2, -0.15) is 18.2 Å². The highest BCUT2D eigenvalue weighted by molar-refractivity contribution is 7.99. The van der Waals surface area contributed by atoms with E-state index in [1.165, 1.54) is 18.2 Å². The van der Waals surface area contributed by atoms with Crippen molar-refractivity contribution in [2.24, 2.45) is 7.05 Å². The lowest BCUT2D eigenvalue weighted by atomic mass is 10.2. The molecular formula is C15H14F3N3O2S. The fraction of sp³-hybridized carbons (Fsp3) is 0.267. The van der Waals surface area contributed by atoms with E-state index >= 15 is 0 Å². The van der Waals surface area contributed by atoms with Crippen LogP contribution in [-0.2, 0) is 18.0 Å². The Labute approximate surface area is 139 Å². The molecule has 9 heteroatoms. The summed E-state index contributed by atoms with van der Waals surface area (Å²) in [5, 5.41) is 2.89. The first-order valence-corrected chi connectivity index (χ1v) is 7.80. The van der Waals surface area contributed by atoms with Crippen molar-refractivity contribution >= 4 is 23.4 Å². The molecule has 24 heavy (non-hydrogen) atoms. The highest BCUT2D eigenvalue weighted by Crippen LogP contribution is 2.29. The fourth-order valence-electron chi connectivity index (χ4n) is 1.83. The SMILES string of the molecule is Cc1cc(=O)nc(SCC(=O)Nc2ccc(C(F)(F)F)cc2)n1C. The minimum Gasteiger partial charge on any atom is -0.328 e. The summed E-state index contributed by atoms with van der Waals surface area (Å²) in [5.74, 6) is -0.430. The summed E-state index contributed by atoms with van der Waals surface area (Å²) < 4.78 is 39.1. The second kappa shape index (κ2) is 7.08. The molecular weight excluding hydrogens is 343 g/mol. The molecule has 2 rings (SSSR count). The van der Waals surface area contributed by atoms with Crippen LogP contribution in [-0.4, -0.2) is 21.2 Å². The number of benzene rings is 1. The Morgan fingerprint density at radius 2 is 1.92 bits per heavy atom. The Morgan fingerprint density at radius 1 is 1.29 bits per heavy atom. The zero-order chi connectivity index (χ0) is 17.9. The number of anilines is 1. The van der Waals surface area contributed by atoms with Crippen LogP contribution in [0.25, 0.3) is 0 Å². The van der Waals surface area contributed by atoms with Crippen LogP contribution in [0.1, 0.15) is 11.3 Å². The van der Waals surface area contributed by atoms with Crippen LogP contribution in [0.3, 0.4) is 0 Å². The lowest BCUT2D eigenvalue weighted by Crippen LogP contribution is -2.18. The molecule has 1 aromatic heterocycles. The lowest BCUT2D eigenvalue weighted by molar-refractivity contribution is -0.137. The lowest BCUT2D eigenvalue weighted by Gasteiger charge is -2.10. The number of nitrogens with one attached hydrogen (secondary N) is 1. The van der Waals surface area contributed by atoms with E-state index in [9.17, 15) is 22.8 Å². The van der Waals surface area contributed by atoms with E-state index in [4.69, 9.17) is 0 Å². The van der Waals surface area contributed by atoms with Crippen molar-refractivity contribution in [3.8, 4) is 0 Å². The van der Waals surface area contributed by atoms with Gasteiger partial charge in [-0.25, -0.2) is 0 Å². The number of thioether (sulfide) groups is 1. The monoisotopic (exact) mass is 357 g/mol. The van der Waals surface area contributed by atoms with Gasteiger partial charge in [0.1, 0.15) is 0 Å². The van der Waals surface area contributed by atoms with Crippen molar-refractivity contribution in [3.05, 3.63) is 51.9 Å². The van der Waals surface area contributed by atoms with Crippen LogP contribution in [0.15, 0.2) is 40.3 Å². The van der Waals surface area contributed by atoms with Crippen molar-refractivity contribution in [1.29, 1.82) is 0 Å². The van der Waals surface area contributed by atoms with E-state index in [-0.39, 0.29) is 11.4 Å². The summed E-state index contributed by atoms with van der Waals surface area (Å²) in [5.41, 5.74) is -0.203. The molecule has 2 aromatic rings. The van der Waals surface area contributed by atoms with Crippen molar-refractivity contribution < 1.29 is 18.0 Å². The third-order valence-corrected chi connectivity index (χ3v) is 4.21. The highest BCUT2D eigenvalue weighted by atomic mass is 32.2. The van der Waals surface area contributed by atoms with E-state index in [1.807, 2.05) is 0 Å². The maximum absolute atomic E-state index is 12.5. The molecule has 5 nitrogen and oxygen atoms in total. The van der Waals surface area contributed by atoms with Crippen LogP contribution in [0.5, 0.6) is 0 Å². The Hall–Kier alpha value is -2.29. The van der Waals surface area contributed by atoms with E-state index in [0.29, 0.717) is 10.9 Å². The van der Waals surface area contributed by atoms with Gasteiger partial charge in [-0.3, -0.25) is 9.59 Å². The first kappa shape index (κ1) is 18.1. The van der Waals surface area contributed by atoms with Gasteiger partial charge in [-0.1, -0.05) is 11.8 Å². The average Bonchev–Trinajstić information content (AvgIpc) is 2.49. The molecule has 0 aliphatic heterocycles. The number of aryl methyl sites for hydroxylation is 1. The summed E-state index contributed by atoms with van der Waals surface area (Å²) in [6.07, 6.45) is -4.42. The summed E-state index contributed by atoms with van der Waals surface area (Å²) >= 11 is 1.07. The topological polar surface area (TPSA) is 64.0 Å². The molecule has 1 amide bonds. The molecule has 1 aromatic carbocycles. The average molecular weight is 357 g/mol. The van der Waals surface area contributed by atoms with Crippen LogP contribution in [0.2, 0.25) is 0 Å². The number of carbonyl (C=O) groups is 1. The smallest absolute Gasteiger partial charge is 0.328 e. The number of hydrogen-bond donors (Lipinski definition) is 1. The van der Waals surface area contributed by atoms with Crippen molar-refractivity contribution in [2.45, 2.75) is 18.3 Å². The van der Waals surface area contributed by atoms with Gasteiger partial charge in [0.25, 0.3) is 5.56 Å².